The van der Waals surface area contributed by atoms with Crippen LogP contribution in [0.4, 0.5) is 0 Å². The third kappa shape index (κ3) is 2.88. The van der Waals surface area contributed by atoms with Gasteiger partial charge < -0.3 is 10.8 Å². The average Bonchev–Trinajstić information content (AvgIpc) is 2.05. The van der Waals surface area contributed by atoms with Gasteiger partial charge in [-0.05, 0) is 59.5 Å². The molecule has 0 aliphatic heterocycles. The van der Waals surface area contributed by atoms with Crippen molar-refractivity contribution in [1.29, 1.82) is 0 Å². The third-order valence-corrected chi connectivity index (χ3v) is 3.45. The maximum absolute atomic E-state index is 10.0. The largest absolute Gasteiger partial charge is 0.506 e. The molecule has 0 radical (unpaired) electrons. The molecule has 0 fully saturated rings. The lowest BCUT2D eigenvalue weighted by molar-refractivity contribution is 0.435. The van der Waals surface area contributed by atoms with Crippen LogP contribution < -0.4 is 5.73 Å². The Kier molecular flexibility index (Phi) is 3.60. The Balaban J connectivity index is 3.46. The number of halogens is 1. The Hall–Kier alpha value is -0.290. The van der Waals surface area contributed by atoms with Crippen molar-refractivity contribution in [3.63, 3.8) is 0 Å². The van der Waals surface area contributed by atoms with Crippen LogP contribution in [0.15, 0.2) is 12.1 Å². The zero-order chi connectivity index (χ0) is 12.7. The fraction of sp³-hybridized carbons (Fsp3) is 0.538. The molecule has 0 aliphatic carbocycles. The van der Waals surface area contributed by atoms with E-state index in [9.17, 15) is 5.11 Å². The van der Waals surface area contributed by atoms with E-state index in [4.69, 9.17) is 5.73 Å². The van der Waals surface area contributed by atoms with Crippen molar-refractivity contribution >= 4 is 22.6 Å². The van der Waals surface area contributed by atoms with Crippen LogP contribution in [0.3, 0.4) is 0 Å². The van der Waals surface area contributed by atoms with Crippen LogP contribution in [0.25, 0.3) is 0 Å². The summed E-state index contributed by atoms with van der Waals surface area (Å²) in [5.74, 6) is 0.307. The Bertz CT molecular complexity index is 400. The van der Waals surface area contributed by atoms with E-state index in [0.29, 0.717) is 5.75 Å². The van der Waals surface area contributed by atoms with Gasteiger partial charge in [-0.1, -0.05) is 20.8 Å². The lowest BCUT2D eigenvalue weighted by atomic mass is 9.83. The van der Waals surface area contributed by atoms with Gasteiger partial charge in [0.15, 0.2) is 0 Å². The number of hydrogen-bond acceptors (Lipinski definition) is 2. The monoisotopic (exact) mass is 333 g/mol. The van der Waals surface area contributed by atoms with E-state index in [0.717, 1.165) is 9.13 Å². The highest BCUT2D eigenvalue weighted by atomic mass is 127. The molecule has 0 atom stereocenters. The topological polar surface area (TPSA) is 46.2 Å². The molecule has 0 amide bonds. The van der Waals surface area contributed by atoms with E-state index >= 15 is 0 Å². The highest BCUT2D eigenvalue weighted by Gasteiger charge is 2.24. The molecule has 0 heterocycles. The van der Waals surface area contributed by atoms with Crippen molar-refractivity contribution in [3.8, 4) is 5.75 Å². The first-order chi connectivity index (χ1) is 7.03. The average molecular weight is 333 g/mol. The lowest BCUT2D eigenvalue weighted by Crippen LogP contribution is -2.29. The first-order valence-electron chi connectivity index (χ1n) is 5.36. The molecular weight excluding hydrogens is 313 g/mol. The fourth-order valence-corrected chi connectivity index (χ4v) is 2.15. The molecular formula is C13H20INO. The number of rotatable bonds is 1. The van der Waals surface area contributed by atoms with Gasteiger partial charge in [0.1, 0.15) is 5.75 Å². The van der Waals surface area contributed by atoms with Gasteiger partial charge >= 0.3 is 0 Å². The summed E-state index contributed by atoms with van der Waals surface area (Å²) in [6, 6.07) is 4.03. The van der Waals surface area contributed by atoms with Crippen molar-refractivity contribution in [2.45, 2.75) is 45.6 Å². The summed E-state index contributed by atoms with van der Waals surface area (Å²) in [6.45, 7) is 10.3. The van der Waals surface area contributed by atoms with Gasteiger partial charge in [-0.25, -0.2) is 0 Å². The van der Waals surface area contributed by atoms with Crippen LogP contribution in [0.5, 0.6) is 5.75 Å². The van der Waals surface area contributed by atoms with Gasteiger partial charge in [0.25, 0.3) is 0 Å². The van der Waals surface area contributed by atoms with E-state index in [-0.39, 0.29) is 5.41 Å². The molecule has 1 rings (SSSR count). The van der Waals surface area contributed by atoms with Crippen LogP contribution >= 0.6 is 22.6 Å². The molecule has 0 unspecified atom stereocenters. The maximum atomic E-state index is 10.0. The summed E-state index contributed by atoms with van der Waals surface area (Å²) in [7, 11) is 0. The molecule has 3 heteroatoms. The van der Waals surface area contributed by atoms with Gasteiger partial charge in [-0.2, -0.15) is 0 Å². The lowest BCUT2D eigenvalue weighted by Gasteiger charge is -2.26. The van der Waals surface area contributed by atoms with E-state index in [1.165, 1.54) is 5.56 Å². The molecule has 0 bridgehead atoms. The number of benzene rings is 1. The van der Waals surface area contributed by atoms with Gasteiger partial charge in [-0.3, -0.25) is 0 Å². The van der Waals surface area contributed by atoms with Crippen molar-refractivity contribution in [1.82, 2.24) is 0 Å². The molecule has 0 aliphatic rings. The Morgan fingerprint density at radius 1 is 1.12 bits per heavy atom. The van der Waals surface area contributed by atoms with Crippen LogP contribution in [0.1, 0.15) is 45.7 Å². The second-order valence-corrected chi connectivity index (χ2v) is 6.99. The van der Waals surface area contributed by atoms with Crippen LogP contribution in [0.2, 0.25) is 0 Å². The molecule has 0 saturated heterocycles. The summed E-state index contributed by atoms with van der Waals surface area (Å²) < 4.78 is 0.860. The Morgan fingerprint density at radius 2 is 1.62 bits per heavy atom. The molecule has 0 saturated carbocycles. The highest BCUT2D eigenvalue weighted by Crippen LogP contribution is 2.36. The summed E-state index contributed by atoms with van der Waals surface area (Å²) in [4.78, 5) is 0. The van der Waals surface area contributed by atoms with Crippen molar-refractivity contribution in [2.24, 2.45) is 5.73 Å². The molecule has 3 N–H and O–H groups in total. The minimum atomic E-state index is -0.523. The summed E-state index contributed by atoms with van der Waals surface area (Å²) >= 11 is 2.15. The van der Waals surface area contributed by atoms with Crippen LogP contribution in [-0.2, 0) is 11.0 Å². The Labute approximate surface area is 111 Å². The predicted molar refractivity (Wildman–Crippen MR) is 76.7 cm³/mol. The first kappa shape index (κ1) is 13.8. The van der Waals surface area contributed by atoms with E-state index in [1.807, 2.05) is 26.0 Å². The number of nitrogens with two attached hydrogens (primary N) is 1. The summed E-state index contributed by atoms with van der Waals surface area (Å²) in [6.07, 6.45) is 0. The van der Waals surface area contributed by atoms with Crippen molar-refractivity contribution in [2.75, 3.05) is 0 Å². The van der Waals surface area contributed by atoms with E-state index < -0.39 is 5.54 Å². The van der Waals surface area contributed by atoms with Crippen LogP contribution in [-0.4, -0.2) is 5.11 Å². The molecule has 1 aromatic carbocycles. The molecule has 1 aromatic rings. The summed E-state index contributed by atoms with van der Waals surface area (Å²) in [5, 5.41) is 10.0. The zero-order valence-electron chi connectivity index (χ0n) is 10.6. The second-order valence-electron chi connectivity index (χ2n) is 5.83. The predicted octanol–water partition coefficient (Wildman–Crippen LogP) is 3.49. The van der Waals surface area contributed by atoms with Crippen LogP contribution in [0, 0.1) is 3.57 Å². The molecule has 90 valence electrons. The number of hydrogen-bond donors (Lipinski definition) is 2. The molecule has 0 spiro atoms. The fourth-order valence-electron chi connectivity index (χ4n) is 1.52. The highest BCUT2D eigenvalue weighted by molar-refractivity contribution is 14.1. The molecule has 0 aromatic heterocycles. The van der Waals surface area contributed by atoms with E-state index in [2.05, 4.69) is 43.4 Å². The zero-order valence-corrected chi connectivity index (χ0v) is 12.7. The smallest absolute Gasteiger partial charge is 0.133 e. The molecule has 16 heavy (non-hydrogen) atoms. The van der Waals surface area contributed by atoms with E-state index in [1.54, 1.807) is 0 Å². The normalized spacial score (nSPS) is 12.9. The van der Waals surface area contributed by atoms with Gasteiger partial charge in [-0.15, -0.1) is 0 Å². The Morgan fingerprint density at radius 3 is 2.00 bits per heavy atom. The quantitative estimate of drug-likeness (QED) is 0.773. The maximum Gasteiger partial charge on any atom is 0.133 e. The SMILES string of the molecule is CC(C)(C)c1cc(I)c(O)c(C(C)(C)N)c1. The van der Waals surface area contributed by atoms with Crippen molar-refractivity contribution < 1.29 is 5.11 Å². The van der Waals surface area contributed by atoms with Gasteiger partial charge in [0, 0.05) is 11.1 Å². The second kappa shape index (κ2) is 4.18. The van der Waals surface area contributed by atoms with Gasteiger partial charge in [0.2, 0.25) is 0 Å². The number of aromatic hydroxyl groups is 1. The van der Waals surface area contributed by atoms with Crippen molar-refractivity contribution in [3.05, 3.63) is 26.8 Å². The number of phenolic OH excluding ortho intramolecular Hbond substituents is 1. The minimum Gasteiger partial charge on any atom is -0.506 e. The standard InChI is InChI=1S/C13H20INO/c1-12(2,3)8-6-9(13(4,5)15)11(16)10(14)7-8/h6-7,16H,15H2,1-5H3. The number of phenols is 1. The first-order valence-corrected chi connectivity index (χ1v) is 6.43. The third-order valence-electron chi connectivity index (χ3n) is 2.62. The summed E-state index contributed by atoms with van der Waals surface area (Å²) in [5.41, 5.74) is 7.62. The molecule has 2 nitrogen and oxygen atoms in total. The van der Waals surface area contributed by atoms with Gasteiger partial charge in [0.05, 0.1) is 3.57 Å². The minimum absolute atomic E-state index is 0.0631.